The van der Waals surface area contributed by atoms with Crippen molar-refractivity contribution in [2.24, 2.45) is 0 Å². The second kappa shape index (κ2) is 4.56. The summed E-state index contributed by atoms with van der Waals surface area (Å²) < 4.78 is 0. The van der Waals surface area contributed by atoms with Gasteiger partial charge in [0.25, 0.3) is 5.91 Å². The number of hydrogen-bond acceptors (Lipinski definition) is 2. The molecule has 0 unspecified atom stereocenters. The molecule has 2 aliphatic carbocycles. The van der Waals surface area contributed by atoms with Gasteiger partial charge in [-0.05, 0) is 25.7 Å². The van der Waals surface area contributed by atoms with Crippen LogP contribution in [0.15, 0.2) is 0 Å². The van der Waals surface area contributed by atoms with E-state index in [4.69, 9.17) is 0 Å². The number of urea groups is 1. The van der Waals surface area contributed by atoms with Crippen molar-refractivity contribution >= 4 is 11.9 Å². The van der Waals surface area contributed by atoms with Crippen LogP contribution in [0.5, 0.6) is 0 Å². The first kappa shape index (κ1) is 12.0. The summed E-state index contributed by atoms with van der Waals surface area (Å²) in [7, 11) is 0. The number of hydrogen-bond donors (Lipinski definition) is 1. The molecule has 1 spiro atoms. The van der Waals surface area contributed by atoms with Crippen molar-refractivity contribution in [2.45, 2.75) is 75.8 Å². The molecule has 1 N–H and O–H groups in total. The summed E-state index contributed by atoms with van der Waals surface area (Å²) in [6.45, 7) is 0. The van der Waals surface area contributed by atoms with E-state index in [-0.39, 0.29) is 18.0 Å². The standard InChI is InChI=1S/C14H22N2O2/c17-12-14(9-5-2-6-10-14)15-13(18)16(12)11-7-3-1-4-8-11/h11H,1-10H2,(H,15,18). The van der Waals surface area contributed by atoms with Gasteiger partial charge in [0.2, 0.25) is 0 Å². The van der Waals surface area contributed by atoms with E-state index in [1.165, 1.54) is 12.8 Å². The largest absolute Gasteiger partial charge is 0.325 e. The fourth-order valence-corrected chi connectivity index (χ4v) is 3.81. The quantitative estimate of drug-likeness (QED) is 0.727. The number of carbonyl (C=O) groups excluding carboxylic acids is 2. The van der Waals surface area contributed by atoms with E-state index in [1.54, 1.807) is 4.90 Å². The van der Waals surface area contributed by atoms with Gasteiger partial charge in [0.1, 0.15) is 5.54 Å². The Morgan fingerprint density at radius 2 is 1.56 bits per heavy atom. The third-order valence-corrected chi connectivity index (χ3v) is 4.84. The summed E-state index contributed by atoms with van der Waals surface area (Å²) in [5, 5.41) is 3.00. The monoisotopic (exact) mass is 250 g/mol. The van der Waals surface area contributed by atoms with E-state index in [2.05, 4.69) is 5.32 Å². The lowest BCUT2D eigenvalue weighted by Gasteiger charge is -2.33. The lowest BCUT2D eigenvalue weighted by Crippen LogP contribution is -2.49. The van der Waals surface area contributed by atoms with Crippen LogP contribution in [0.2, 0.25) is 0 Å². The van der Waals surface area contributed by atoms with Crippen molar-refractivity contribution in [3.63, 3.8) is 0 Å². The van der Waals surface area contributed by atoms with Crippen molar-refractivity contribution in [3.05, 3.63) is 0 Å². The summed E-state index contributed by atoms with van der Waals surface area (Å²) in [6.07, 6.45) is 10.5. The van der Waals surface area contributed by atoms with Crippen LogP contribution in [0.4, 0.5) is 4.79 Å². The molecule has 0 aromatic rings. The van der Waals surface area contributed by atoms with E-state index in [1.807, 2.05) is 0 Å². The first-order valence-corrected chi connectivity index (χ1v) is 7.39. The number of rotatable bonds is 1. The highest BCUT2D eigenvalue weighted by Gasteiger charge is 2.53. The molecular weight excluding hydrogens is 228 g/mol. The zero-order valence-electron chi connectivity index (χ0n) is 10.9. The average molecular weight is 250 g/mol. The molecule has 0 aromatic carbocycles. The Balaban J connectivity index is 1.79. The van der Waals surface area contributed by atoms with Crippen LogP contribution < -0.4 is 5.32 Å². The van der Waals surface area contributed by atoms with E-state index in [9.17, 15) is 9.59 Å². The van der Waals surface area contributed by atoms with Gasteiger partial charge in [0.05, 0.1) is 0 Å². The van der Waals surface area contributed by atoms with E-state index >= 15 is 0 Å². The molecule has 1 saturated heterocycles. The SMILES string of the molecule is O=C1NC2(CCCCC2)C(=O)N1C1CCCCC1. The molecule has 1 aliphatic heterocycles. The summed E-state index contributed by atoms with van der Waals surface area (Å²) in [6, 6.07) is 0.0290. The Morgan fingerprint density at radius 3 is 2.22 bits per heavy atom. The Labute approximate surface area is 108 Å². The highest BCUT2D eigenvalue weighted by atomic mass is 16.2. The van der Waals surface area contributed by atoms with Crippen LogP contribution in [-0.2, 0) is 4.79 Å². The lowest BCUT2D eigenvalue weighted by molar-refractivity contribution is -0.134. The molecule has 1 heterocycles. The first-order chi connectivity index (χ1) is 8.73. The number of nitrogens with one attached hydrogen (secondary N) is 1. The number of carbonyl (C=O) groups is 2. The molecule has 0 bridgehead atoms. The highest BCUT2D eigenvalue weighted by Crippen LogP contribution is 2.36. The fourth-order valence-electron chi connectivity index (χ4n) is 3.81. The third kappa shape index (κ3) is 1.82. The Kier molecular flexibility index (Phi) is 3.04. The minimum atomic E-state index is -0.535. The van der Waals surface area contributed by atoms with Gasteiger partial charge in [-0.2, -0.15) is 0 Å². The van der Waals surface area contributed by atoms with Crippen molar-refractivity contribution in [2.75, 3.05) is 0 Å². The Hall–Kier alpha value is -1.06. The van der Waals surface area contributed by atoms with Gasteiger partial charge in [-0.25, -0.2) is 4.79 Å². The summed E-state index contributed by atoms with van der Waals surface area (Å²) >= 11 is 0. The van der Waals surface area contributed by atoms with Crippen LogP contribution in [0.3, 0.4) is 0 Å². The van der Waals surface area contributed by atoms with Crippen LogP contribution in [-0.4, -0.2) is 28.4 Å². The van der Waals surface area contributed by atoms with Gasteiger partial charge in [-0.15, -0.1) is 0 Å². The van der Waals surface area contributed by atoms with Crippen molar-refractivity contribution in [3.8, 4) is 0 Å². The maximum Gasteiger partial charge on any atom is 0.325 e. The molecule has 18 heavy (non-hydrogen) atoms. The third-order valence-electron chi connectivity index (χ3n) is 4.84. The number of nitrogens with zero attached hydrogens (tertiary/aromatic N) is 1. The predicted octanol–water partition coefficient (Wildman–Crippen LogP) is 2.57. The van der Waals surface area contributed by atoms with Gasteiger partial charge in [0, 0.05) is 6.04 Å². The summed E-state index contributed by atoms with van der Waals surface area (Å²) in [5.41, 5.74) is -0.535. The lowest BCUT2D eigenvalue weighted by atomic mass is 9.81. The average Bonchev–Trinajstić information content (AvgIpc) is 2.63. The van der Waals surface area contributed by atoms with Crippen LogP contribution in [0.1, 0.15) is 64.2 Å². The predicted molar refractivity (Wildman–Crippen MR) is 68.1 cm³/mol. The maximum absolute atomic E-state index is 12.6. The molecule has 2 saturated carbocycles. The molecule has 3 fully saturated rings. The minimum absolute atomic E-state index is 0.0686. The molecule has 0 atom stereocenters. The van der Waals surface area contributed by atoms with Crippen molar-refractivity contribution in [1.82, 2.24) is 10.2 Å². The van der Waals surface area contributed by atoms with Crippen LogP contribution in [0.25, 0.3) is 0 Å². The van der Waals surface area contributed by atoms with Gasteiger partial charge >= 0.3 is 6.03 Å². The van der Waals surface area contributed by atoms with E-state index in [0.717, 1.165) is 51.4 Å². The minimum Gasteiger partial charge on any atom is -0.323 e. The molecule has 4 nitrogen and oxygen atoms in total. The molecular formula is C14H22N2O2. The molecule has 3 amide bonds. The smallest absolute Gasteiger partial charge is 0.323 e. The molecule has 100 valence electrons. The van der Waals surface area contributed by atoms with Gasteiger partial charge in [0.15, 0.2) is 0 Å². The zero-order valence-corrected chi connectivity index (χ0v) is 10.9. The summed E-state index contributed by atoms with van der Waals surface area (Å²) in [5.74, 6) is 0.0686. The normalized spacial score (nSPS) is 28.8. The van der Waals surface area contributed by atoms with Gasteiger partial charge in [-0.3, -0.25) is 9.69 Å². The van der Waals surface area contributed by atoms with Crippen LogP contribution >= 0.6 is 0 Å². The summed E-state index contributed by atoms with van der Waals surface area (Å²) in [4.78, 5) is 26.3. The fraction of sp³-hybridized carbons (Fsp3) is 0.857. The van der Waals surface area contributed by atoms with Gasteiger partial charge < -0.3 is 5.32 Å². The second-order valence-corrected chi connectivity index (χ2v) is 6.04. The van der Waals surface area contributed by atoms with Crippen molar-refractivity contribution in [1.29, 1.82) is 0 Å². The zero-order chi connectivity index (χ0) is 12.6. The highest BCUT2D eigenvalue weighted by molar-refractivity contribution is 6.07. The van der Waals surface area contributed by atoms with Crippen LogP contribution in [0, 0.1) is 0 Å². The van der Waals surface area contributed by atoms with Crippen molar-refractivity contribution < 1.29 is 9.59 Å². The van der Waals surface area contributed by atoms with E-state index < -0.39 is 5.54 Å². The number of imide groups is 1. The topological polar surface area (TPSA) is 49.4 Å². The number of amides is 3. The van der Waals surface area contributed by atoms with E-state index in [0.29, 0.717) is 0 Å². The Bertz CT molecular complexity index is 355. The Morgan fingerprint density at radius 1 is 0.944 bits per heavy atom. The molecule has 0 radical (unpaired) electrons. The maximum atomic E-state index is 12.6. The second-order valence-electron chi connectivity index (χ2n) is 6.04. The molecule has 4 heteroatoms. The molecule has 3 rings (SSSR count). The molecule has 0 aromatic heterocycles. The van der Waals surface area contributed by atoms with Gasteiger partial charge in [-0.1, -0.05) is 38.5 Å². The molecule has 3 aliphatic rings. The first-order valence-electron chi connectivity index (χ1n) is 7.39.